The van der Waals surface area contributed by atoms with Gasteiger partial charge in [0, 0.05) is 15.6 Å². The van der Waals surface area contributed by atoms with E-state index in [1.54, 1.807) is 30.3 Å². The number of carbonyl (C=O) groups excluding carboxylic acids is 1. The lowest BCUT2D eigenvalue weighted by Crippen LogP contribution is -2.05. The molecular weight excluding hydrogens is 663 g/mol. The number of halogens is 4. The summed E-state index contributed by atoms with van der Waals surface area (Å²) in [7, 11) is 0. The minimum Gasteiger partial charge on any atom is -0.487 e. The van der Waals surface area contributed by atoms with Crippen molar-refractivity contribution in [3.05, 3.63) is 100 Å². The Morgan fingerprint density at radius 1 is 0.968 bits per heavy atom. The van der Waals surface area contributed by atoms with Gasteiger partial charge in [0.15, 0.2) is 5.70 Å². The average Bonchev–Trinajstić information content (AvgIpc) is 3.09. The molecule has 0 aromatic heterocycles. The standard InChI is InChI=1S/C23H13Cl2I2NO3/c24-16-6-4-13(5-7-16)12-30-21-18(26)8-14(9-19(21)27)10-20-23(29)31-22(28-20)15-2-1-3-17(25)11-15/h1-11H,12H2/b20-10+. The van der Waals surface area contributed by atoms with Gasteiger partial charge in [0.1, 0.15) is 12.4 Å². The van der Waals surface area contributed by atoms with Gasteiger partial charge in [-0.05, 0) is 105 Å². The summed E-state index contributed by atoms with van der Waals surface area (Å²) in [5, 5.41) is 1.24. The predicted molar refractivity (Wildman–Crippen MR) is 140 cm³/mol. The van der Waals surface area contributed by atoms with Crippen molar-refractivity contribution >= 4 is 86.3 Å². The Hall–Kier alpha value is -1.62. The molecule has 0 amide bonds. The van der Waals surface area contributed by atoms with Gasteiger partial charge in [-0.15, -0.1) is 0 Å². The Balaban J connectivity index is 1.55. The normalized spacial score (nSPS) is 14.5. The first-order chi connectivity index (χ1) is 14.9. The summed E-state index contributed by atoms with van der Waals surface area (Å²) in [5.41, 5.74) is 2.74. The second-order valence-electron chi connectivity index (χ2n) is 6.58. The molecule has 0 atom stereocenters. The third-order valence-corrected chi connectivity index (χ3v) is 6.40. The Labute approximate surface area is 216 Å². The van der Waals surface area contributed by atoms with Crippen molar-refractivity contribution in [2.75, 3.05) is 0 Å². The van der Waals surface area contributed by atoms with Gasteiger partial charge in [-0.1, -0.05) is 41.4 Å². The third-order valence-electron chi connectivity index (χ3n) is 4.31. The number of rotatable bonds is 5. The fourth-order valence-electron chi connectivity index (χ4n) is 2.85. The smallest absolute Gasteiger partial charge is 0.363 e. The number of carbonyl (C=O) groups is 1. The van der Waals surface area contributed by atoms with Gasteiger partial charge in [0.25, 0.3) is 0 Å². The number of benzene rings is 3. The van der Waals surface area contributed by atoms with Crippen LogP contribution in [0, 0.1) is 7.14 Å². The zero-order valence-electron chi connectivity index (χ0n) is 15.7. The summed E-state index contributed by atoms with van der Waals surface area (Å²) in [6.07, 6.45) is 1.70. The van der Waals surface area contributed by atoms with E-state index < -0.39 is 5.97 Å². The van der Waals surface area contributed by atoms with Crippen LogP contribution in [0.3, 0.4) is 0 Å². The number of ether oxygens (including phenoxy) is 2. The monoisotopic (exact) mass is 675 g/mol. The molecule has 0 spiro atoms. The zero-order chi connectivity index (χ0) is 22.0. The lowest BCUT2D eigenvalue weighted by molar-refractivity contribution is -0.129. The number of hydrogen-bond acceptors (Lipinski definition) is 4. The SMILES string of the molecule is O=C1OC(c2cccc(Cl)c2)=N/C1=C/c1cc(I)c(OCc2ccc(Cl)cc2)c(I)c1. The Kier molecular flexibility index (Phi) is 7.20. The predicted octanol–water partition coefficient (Wildman–Crippen LogP) is 7.13. The van der Waals surface area contributed by atoms with Crippen LogP contribution in [-0.2, 0) is 16.1 Å². The van der Waals surface area contributed by atoms with E-state index in [0.717, 1.165) is 24.0 Å². The lowest BCUT2D eigenvalue weighted by Gasteiger charge is -2.11. The van der Waals surface area contributed by atoms with Crippen molar-refractivity contribution < 1.29 is 14.3 Å². The van der Waals surface area contributed by atoms with Crippen molar-refractivity contribution in [2.45, 2.75) is 6.61 Å². The van der Waals surface area contributed by atoms with E-state index in [1.807, 2.05) is 36.4 Å². The molecular formula is C23H13Cl2I2NO3. The van der Waals surface area contributed by atoms with E-state index in [1.165, 1.54) is 0 Å². The minimum atomic E-state index is -0.497. The van der Waals surface area contributed by atoms with Crippen LogP contribution < -0.4 is 4.74 Å². The fraction of sp³-hybridized carbons (Fsp3) is 0.0435. The van der Waals surface area contributed by atoms with Gasteiger partial charge in [0.05, 0.1) is 7.14 Å². The molecule has 0 aliphatic carbocycles. The molecule has 3 aromatic carbocycles. The summed E-state index contributed by atoms with van der Waals surface area (Å²) < 4.78 is 13.2. The van der Waals surface area contributed by atoms with Crippen LogP contribution in [0.5, 0.6) is 5.75 Å². The number of hydrogen-bond donors (Lipinski definition) is 0. The maximum atomic E-state index is 12.3. The third kappa shape index (κ3) is 5.60. The van der Waals surface area contributed by atoms with Crippen LogP contribution in [0.1, 0.15) is 16.7 Å². The van der Waals surface area contributed by atoms with Crippen molar-refractivity contribution in [2.24, 2.45) is 4.99 Å². The van der Waals surface area contributed by atoms with Gasteiger partial charge >= 0.3 is 5.97 Å². The van der Waals surface area contributed by atoms with Crippen LogP contribution in [-0.4, -0.2) is 11.9 Å². The highest BCUT2D eigenvalue weighted by atomic mass is 127. The highest BCUT2D eigenvalue weighted by Gasteiger charge is 2.24. The van der Waals surface area contributed by atoms with E-state index in [0.29, 0.717) is 22.2 Å². The molecule has 1 heterocycles. The number of nitrogens with zero attached hydrogens (tertiary/aromatic N) is 1. The van der Waals surface area contributed by atoms with Crippen molar-refractivity contribution in [1.29, 1.82) is 0 Å². The van der Waals surface area contributed by atoms with Crippen molar-refractivity contribution in [1.82, 2.24) is 0 Å². The Morgan fingerprint density at radius 3 is 2.35 bits per heavy atom. The first-order valence-electron chi connectivity index (χ1n) is 9.04. The summed E-state index contributed by atoms with van der Waals surface area (Å²) in [6, 6.07) is 18.4. The molecule has 0 unspecified atom stereocenters. The van der Waals surface area contributed by atoms with E-state index in [-0.39, 0.29) is 11.6 Å². The lowest BCUT2D eigenvalue weighted by atomic mass is 10.2. The minimum absolute atomic E-state index is 0.233. The molecule has 1 aliphatic heterocycles. The highest BCUT2D eigenvalue weighted by Crippen LogP contribution is 2.31. The van der Waals surface area contributed by atoms with Crippen LogP contribution in [0.4, 0.5) is 0 Å². The van der Waals surface area contributed by atoms with Gasteiger partial charge in [-0.25, -0.2) is 9.79 Å². The molecule has 0 bridgehead atoms. The van der Waals surface area contributed by atoms with E-state index in [9.17, 15) is 4.79 Å². The summed E-state index contributed by atoms with van der Waals surface area (Å²) in [4.78, 5) is 16.6. The maximum Gasteiger partial charge on any atom is 0.363 e. The van der Waals surface area contributed by atoms with Crippen LogP contribution in [0.2, 0.25) is 10.0 Å². The van der Waals surface area contributed by atoms with Gasteiger partial charge in [-0.2, -0.15) is 0 Å². The molecule has 0 radical (unpaired) electrons. The van der Waals surface area contributed by atoms with E-state index in [2.05, 4.69) is 50.2 Å². The van der Waals surface area contributed by atoms with Gasteiger partial charge < -0.3 is 9.47 Å². The van der Waals surface area contributed by atoms with Gasteiger partial charge in [0.2, 0.25) is 5.90 Å². The molecule has 156 valence electrons. The molecule has 4 nitrogen and oxygen atoms in total. The average molecular weight is 676 g/mol. The molecule has 31 heavy (non-hydrogen) atoms. The second kappa shape index (κ2) is 9.89. The van der Waals surface area contributed by atoms with E-state index in [4.69, 9.17) is 32.7 Å². The molecule has 0 saturated heterocycles. The van der Waals surface area contributed by atoms with Gasteiger partial charge in [-0.3, -0.25) is 0 Å². The number of esters is 1. The largest absolute Gasteiger partial charge is 0.487 e. The molecule has 0 saturated carbocycles. The number of cyclic esters (lactones) is 1. The Bertz CT molecular complexity index is 1200. The van der Waals surface area contributed by atoms with Crippen LogP contribution >= 0.6 is 68.4 Å². The molecule has 3 aromatic rings. The first-order valence-corrected chi connectivity index (χ1v) is 12.0. The highest BCUT2D eigenvalue weighted by molar-refractivity contribution is 14.1. The van der Waals surface area contributed by atoms with Crippen molar-refractivity contribution in [3.8, 4) is 5.75 Å². The molecule has 8 heteroatoms. The quantitative estimate of drug-likeness (QED) is 0.164. The molecule has 1 aliphatic rings. The molecule has 0 fully saturated rings. The molecule has 0 N–H and O–H groups in total. The fourth-order valence-corrected chi connectivity index (χ4v) is 5.29. The van der Waals surface area contributed by atoms with Crippen LogP contribution in [0.25, 0.3) is 6.08 Å². The topological polar surface area (TPSA) is 47.9 Å². The first kappa shape index (κ1) is 22.6. The second-order valence-corrected chi connectivity index (χ2v) is 9.77. The number of aliphatic imine (C=N–C) groups is 1. The summed E-state index contributed by atoms with van der Waals surface area (Å²) >= 11 is 16.4. The molecule has 4 rings (SSSR count). The summed E-state index contributed by atoms with van der Waals surface area (Å²) in [6.45, 7) is 0.434. The summed E-state index contributed by atoms with van der Waals surface area (Å²) in [5.74, 6) is 0.532. The van der Waals surface area contributed by atoms with Crippen molar-refractivity contribution in [3.63, 3.8) is 0 Å². The zero-order valence-corrected chi connectivity index (χ0v) is 21.6. The Morgan fingerprint density at radius 2 is 1.68 bits per heavy atom. The van der Waals surface area contributed by atoms with Crippen LogP contribution in [0.15, 0.2) is 71.4 Å². The van der Waals surface area contributed by atoms with E-state index >= 15 is 0 Å². The maximum absolute atomic E-state index is 12.3.